The van der Waals surface area contributed by atoms with Crippen molar-refractivity contribution in [3.63, 3.8) is 0 Å². The normalized spacial score (nSPS) is 16.0. The smallest absolute Gasteiger partial charge is 0.225 e. The molecule has 0 radical (unpaired) electrons. The molecule has 0 aromatic heterocycles. The Kier molecular flexibility index (Phi) is 7.18. The lowest BCUT2D eigenvalue weighted by Crippen LogP contribution is -2.31. The lowest BCUT2D eigenvalue weighted by Gasteiger charge is -2.16. The number of hydrogen-bond donors (Lipinski definition) is 2. The van der Waals surface area contributed by atoms with Crippen LogP contribution in [0.5, 0.6) is 5.75 Å². The third-order valence-corrected chi connectivity index (χ3v) is 4.80. The molecule has 5 heteroatoms. The first-order chi connectivity index (χ1) is 11.1. The number of carbonyl (C=O) groups excluding carboxylic acids is 1. The highest BCUT2D eigenvalue weighted by Crippen LogP contribution is 2.30. The maximum absolute atomic E-state index is 12.1. The number of ether oxygens (including phenoxy) is 1. The molecule has 1 saturated carbocycles. The molecule has 0 aliphatic heterocycles. The quantitative estimate of drug-likeness (QED) is 0.760. The molecule has 1 fully saturated rings. The summed E-state index contributed by atoms with van der Waals surface area (Å²) in [6.07, 6.45) is 8.19. The molecule has 0 atom stereocenters. The van der Waals surface area contributed by atoms with Crippen LogP contribution in [0.4, 0.5) is 5.69 Å². The van der Waals surface area contributed by atoms with Gasteiger partial charge in [0.2, 0.25) is 5.91 Å². The van der Waals surface area contributed by atoms with Crippen molar-refractivity contribution < 1.29 is 9.53 Å². The molecule has 1 aliphatic rings. The highest BCUT2D eigenvalue weighted by Gasteiger charge is 2.13. The Morgan fingerprint density at radius 1 is 1.26 bits per heavy atom. The first-order valence-corrected chi connectivity index (χ1v) is 8.85. The van der Waals surface area contributed by atoms with E-state index in [4.69, 9.17) is 16.3 Å². The first-order valence-electron chi connectivity index (χ1n) is 8.47. The standard InChI is InChI=1S/C18H27ClN2O2/c1-13-11-16(17(23-2)12-15(13)19)21-18(22)9-10-20-14-7-5-3-4-6-8-14/h11-12,14,20H,3-10H2,1-2H3,(H,21,22). The van der Waals surface area contributed by atoms with E-state index in [1.165, 1.54) is 38.5 Å². The molecule has 0 unspecified atom stereocenters. The highest BCUT2D eigenvalue weighted by molar-refractivity contribution is 6.31. The minimum atomic E-state index is -0.00820. The van der Waals surface area contributed by atoms with Gasteiger partial charge in [0.15, 0.2) is 0 Å². The van der Waals surface area contributed by atoms with Crippen LogP contribution in [0, 0.1) is 6.92 Å². The summed E-state index contributed by atoms with van der Waals surface area (Å²) >= 11 is 6.08. The van der Waals surface area contributed by atoms with E-state index in [0.29, 0.717) is 35.5 Å². The Labute approximate surface area is 143 Å². The van der Waals surface area contributed by atoms with Crippen LogP contribution in [-0.2, 0) is 4.79 Å². The third-order valence-electron chi connectivity index (χ3n) is 4.40. The van der Waals surface area contributed by atoms with Crippen LogP contribution in [0.25, 0.3) is 0 Å². The van der Waals surface area contributed by atoms with Crippen LogP contribution < -0.4 is 15.4 Å². The molecule has 0 bridgehead atoms. The minimum Gasteiger partial charge on any atom is -0.495 e. The Hall–Kier alpha value is -1.26. The zero-order valence-corrected chi connectivity index (χ0v) is 14.8. The molecule has 0 spiro atoms. The van der Waals surface area contributed by atoms with Gasteiger partial charge in [-0.05, 0) is 31.4 Å². The van der Waals surface area contributed by atoms with E-state index >= 15 is 0 Å². The van der Waals surface area contributed by atoms with E-state index < -0.39 is 0 Å². The summed E-state index contributed by atoms with van der Waals surface area (Å²) in [5, 5.41) is 7.07. The van der Waals surface area contributed by atoms with E-state index in [1.54, 1.807) is 13.2 Å². The molecule has 2 rings (SSSR count). The van der Waals surface area contributed by atoms with Crippen molar-refractivity contribution in [2.24, 2.45) is 0 Å². The fraction of sp³-hybridized carbons (Fsp3) is 0.611. The Balaban J connectivity index is 1.81. The Bertz CT molecular complexity index is 526. The molecule has 0 saturated heterocycles. The van der Waals surface area contributed by atoms with Gasteiger partial charge in [0.25, 0.3) is 0 Å². The van der Waals surface area contributed by atoms with Crippen LogP contribution in [-0.4, -0.2) is 25.6 Å². The second-order valence-corrected chi connectivity index (χ2v) is 6.65. The van der Waals surface area contributed by atoms with Gasteiger partial charge < -0.3 is 15.4 Å². The molecule has 1 aromatic carbocycles. The van der Waals surface area contributed by atoms with Gasteiger partial charge in [-0.2, -0.15) is 0 Å². The maximum atomic E-state index is 12.1. The minimum absolute atomic E-state index is 0.00820. The van der Waals surface area contributed by atoms with Gasteiger partial charge in [-0.1, -0.05) is 37.3 Å². The van der Waals surface area contributed by atoms with Gasteiger partial charge >= 0.3 is 0 Å². The van der Waals surface area contributed by atoms with E-state index in [2.05, 4.69) is 10.6 Å². The van der Waals surface area contributed by atoms with Gasteiger partial charge in [-0.15, -0.1) is 0 Å². The van der Waals surface area contributed by atoms with Gasteiger partial charge in [0.05, 0.1) is 12.8 Å². The van der Waals surface area contributed by atoms with E-state index in [9.17, 15) is 4.79 Å². The van der Waals surface area contributed by atoms with Crippen LogP contribution >= 0.6 is 11.6 Å². The number of anilines is 1. The maximum Gasteiger partial charge on any atom is 0.225 e. The van der Waals surface area contributed by atoms with Crippen molar-refractivity contribution in [1.82, 2.24) is 5.32 Å². The van der Waals surface area contributed by atoms with Gasteiger partial charge in [0.1, 0.15) is 5.75 Å². The number of methoxy groups -OCH3 is 1. The molecule has 1 amide bonds. The number of benzene rings is 1. The molecule has 0 heterocycles. The fourth-order valence-electron chi connectivity index (χ4n) is 3.02. The zero-order chi connectivity index (χ0) is 16.7. The van der Waals surface area contributed by atoms with E-state index in [1.807, 2.05) is 13.0 Å². The Morgan fingerprint density at radius 3 is 2.61 bits per heavy atom. The van der Waals surface area contributed by atoms with Gasteiger partial charge in [-0.3, -0.25) is 4.79 Å². The SMILES string of the molecule is COc1cc(Cl)c(C)cc1NC(=O)CCNC1CCCCCC1. The van der Waals surface area contributed by atoms with Crippen molar-refractivity contribution in [2.45, 2.75) is 57.9 Å². The predicted octanol–water partition coefficient (Wildman–Crippen LogP) is 4.30. The van der Waals surface area contributed by atoms with Crippen LogP contribution in [0.3, 0.4) is 0 Å². The summed E-state index contributed by atoms with van der Waals surface area (Å²) in [5.74, 6) is 0.580. The lowest BCUT2D eigenvalue weighted by atomic mass is 10.1. The fourth-order valence-corrected chi connectivity index (χ4v) is 3.17. The average Bonchev–Trinajstić information content (AvgIpc) is 2.79. The molecule has 1 aliphatic carbocycles. The van der Waals surface area contributed by atoms with Crippen molar-refractivity contribution in [1.29, 1.82) is 0 Å². The van der Waals surface area contributed by atoms with E-state index in [0.717, 1.165) is 5.56 Å². The molecule has 2 N–H and O–H groups in total. The summed E-state index contributed by atoms with van der Waals surface area (Å²) in [6, 6.07) is 4.14. The molecular formula is C18H27ClN2O2. The molecule has 1 aromatic rings. The summed E-state index contributed by atoms with van der Waals surface area (Å²) < 4.78 is 5.28. The predicted molar refractivity (Wildman–Crippen MR) is 95.5 cm³/mol. The highest BCUT2D eigenvalue weighted by atomic mass is 35.5. The number of carbonyl (C=O) groups is 1. The van der Waals surface area contributed by atoms with Crippen molar-refractivity contribution in [2.75, 3.05) is 19.0 Å². The lowest BCUT2D eigenvalue weighted by molar-refractivity contribution is -0.116. The summed E-state index contributed by atoms with van der Waals surface area (Å²) in [7, 11) is 1.57. The van der Waals surface area contributed by atoms with Gasteiger partial charge in [0, 0.05) is 30.1 Å². The topological polar surface area (TPSA) is 50.4 Å². The second kappa shape index (κ2) is 9.14. The van der Waals surface area contributed by atoms with Gasteiger partial charge in [-0.25, -0.2) is 0 Å². The first kappa shape index (κ1) is 18.1. The second-order valence-electron chi connectivity index (χ2n) is 6.24. The van der Waals surface area contributed by atoms with Crippen LogP contribution in [0.15, 0.2) is 12.1 Å². The van der Waals surface area contributed by atoms with E-state index in [-0.39, 0.29) is 5.91 Å². The summed E-state index contributed by atoms with van der Waals surface area (Å²) in [4.78, 5) is 12.1. The number of rotatable bonds is 6. The van der Waals surface area contributed by atoms with Crippen LogP contribution in [0.1, 0.15) is 50.5 Å². The van der Waals surface area contributed by atoms with Crippen molar-refractivity contribution in [3.05, 3.63) is 22.7 Å². The number of halogens is 1. The number of nitrogens with one attached hydrogen (secondary N) is 2. The third kappa shape index (κ3) is 5.70. The molecule has 23 heavy (non-hydrogen) atoms. The largest absolute Gasteiger partial charge is 0.495 e. The molecule has 128 valence electrons. The monoisotopic (exact) mass is 338 g/mol. The van der Waals surface area contributed by atoms with Crippen molar-refractivity contribution >= 4 is 23.2 Å². The zero-order valence-electron chi connectivity index (χ0n) is 14.1. The Morgan fingerprint density at radius 2 is 1.96 bits per heavy atom. The van der Waals surface area contributed by atoms with Crippen molar-refractivity contribution in [3.8, 4) is 5.75 Å². The number of amides is 1. The number of hydrogen-bond acceptors (Lipinski definition) is 3. The molecule has 4 nitrogen and oxygen atoms in total. The van der Waals surface area contributed by atoms with Crippen LogP contribution in [0.2, 0.25) is 5.02 Å². The molecular weight excluding hydrogens is 312 g/mol. The number of aryl methyl sites for hydroxylation is 1. The summed E-state index contributed by atoms with van der Waals surface area (Å²) in [5.41, 5.74) is 1.59. The average molecular weight is 339 g/mol. The summed E-state index contributed by atoms with van der Waals surface area (Å²) in [6.45, 7) is 2.62.